The zero-order valence-electron chi connectivity index (χ0n) is 12.2. The summed E-state index contributed by atoms with van der Waals surface area (Å²) in [5.41, 5.74) is 6.98. The number of nitrogens with zero attached hydrogens (tertiary/aromatic N) is 1. The van der Waals surface area contributed by atoms with Crippen molar-refractivity contribution < 1.29 is 13.2 Å². The molecule has 1 saturated heterocycles. The molecule has 1 heterocycles. The first-order valence-electron chi connectivity index (χ1n) is 7.20. The summed E-state index contributed by atoms with van der Waals surface area (Å²) < 4.78 is 23.2. The lowest BCUT2D eigenvalue weighted by Crippen LogP contribution is -2.35. The standard InChI is InChI=1S/C15H22N2O3S/c1-2-21(19,20)11-15(18)17-9-13(8-16)14(10-17)12-6-4-3-5-7-12/h3-7,13-14H,2,8-11,16H2,1H3/t13-,14+/m1/s1. The number of sulfone groups is 1. The van der Waals surface area contributed by atoms with Crippen molar-refractivity contribution in [1.82, 2.24) is 4.90 Å². The first-order valence-corrected chi connectivity index (χ1v) is 9.02. The molecule has 0 bridgehead atoms. The van der Waals surface area contributed by atoms with Crippen molar-refractivity contribution in [1.29, 1.82) is 0 Å². The predicted octanol–water partition coefficient (Wildman–Crippen LogP) is 0.622. The Bertz CT molecular complexity index is 586. The lowest BCUT2D eigenvalue weighted by atomic mass is 9.89. The molecule has 1 aliphatic rings. The second-order valence-corrected chi connectivity index (χ2v) is 7.84. The summed E-state index contributed by atoms with van der Waals surface area (Å²) in [6.07, 6.45) is 0. The third-order valence-corrected chi connectivity index (χ3v) is 5.67. The Morgan fingerprint density at radius 2 is 1.95 bits per heavy atom. The molecule has 2 rings (SSSR count). The highest BCUT2D eigenvalue weighted by Gasteiger charge is 2.36. The van der Waals surface area contributed by atoms with Gasteiger partial charge in [-0.2, -0.15) is 0 Å². The number of likely N-dealkylation sites (tertiary alicyclic amines) is 1. The fourth-order valence-electron chi connectivity index (χ4n) is 2.77. The number of carbonyl (C=O) groups excluding carboxylic acids is 1. The van der Waals surface area contributed by atoms with Crippen LogP contribution in [0.1, 0.15) is 18.4 Å². The van der Waals surface area contributed by atoms with Gasteiger partial charge in [0.2, 0.25) is 5.91 Å². The van der Waals surface area contributed by atoms with Crippen molar-refractivity contribution >= 4 is 15.7 Å². The van der Waals surface area contributed by atoms with Gasteiger partial charge in [0.1, 0.15) is 5.75 Å². The van der Waals surface area contributed by atoms with Crippen LogP contribution in [0.25, 0.3) is 0 Å². The number of hydrogen-bond acceptors (Lipinski definition) is 4. The summed E-state index contributed by atoms with van der Waals surface area (Å²) in [4.78, 5) is 13.8. The van der Waals surface area contributed by atoms with Crippen molar-refractivity contribution in [3.05, 3.63) is 35.9 Å². The van der Waals surface area contributed by atoms with Gasteiger partial charge in [-0.3, -0.25) is 4.79 Å². The van der Waals surface area contributed by atoms with E-state index in [-0.39, 0.29) is 23.5 Å². The SMILES string of the molecule is CCS(=O)(=O)CC(=O)N1C[C@@H](CN)[C@H](c2ccccc2)C1. The number of benzene rings is 1. The van der Waals surface area contributed by atoms with Gasteiger partial charge < -0.3 is 10.6 Å². The molecule has 1 fully saturated rings. The van der Waals surface area contributed by atoms with Gasteiger partial charge in [-0.1, -0.05) is 37.3 Å². The second-order valence-electron chi connectivity index (χ2n) is 5.49. The highest BCUT2D eigenvalue weighted by atomic mass is 32.2. The van der Waals surface area contributed by atoms with Gasteiger partial charge in [0.25, 0.3) is 0 Å². The minimum atomic E-state index is -3.28. The van der Waals surface area contributed by atoms with Crippen LogP contribution in [-0.4, -0.2) is 50.4 Å². The number of nitrogens with two attached hydrogens (primary N) is 1. The highest BCUT2D eigenvalue weighted by Crippen LogP contribution is 2.32. The minimum Gasteiger partial charge on any atom is -0.341 e. The van der Waals surface area contributed by atoms with Crippen LogP contribution in [0.2, 0.25) is 0 Å². The molecule has 21 heavy (non-hydrogen) atoms. The summed E-state index contributed by atoms with van der Waals surface area (Å²) in [5, 5.41) is 0. The van der Waals surface area contributed by atoms with E-state index in [9.17, 15) is 13.2 Å². The molecule has 1 aromatic carbocycles. The van der Waals surface area contributed by atoms with Gasteiger partial charge >= 0.3 is 0 Å². The summed E-state index contributed by atoms with van der Waals surface area (Å²) in [6, 6.07) is 9.95. The zero-order chi connectivity index (χ0) is 15.5. The summed E-state index contributed by atoms with van der Waals surface area (Å²) in [6.45, 7) is 3.13. The van der Waals surface area contributed by atoms with Crippen LogP contribution < -0.4 is 5.73 Å². The number of carbonyl (C=O) groups is 1. The van der Waals surface area contributed by atoms with Gasteiger partial charge in [-0.25, -0.2) is 8.42 Å². The molecule has 2 N–H and O–H groups in total. The topological polar surface area (TPSA) is 80.5 Å². The molecule has 0 unspecified atom stereocenters. The smallest absolute Gasteiger partial charge is 0.237 e. The van der Waals surface area contributed by atoms with Crippen molar-refractivity contribution in [3.8, 4) is 0 Å². The van der Waals surface area contributed by atoms with Crippen molar-refractivity contribution in [3.63, 3.8) is 0 Å². The maximum Gasteiger partial charge on any atom is 0.237 e. The molecule has 6 heteroatoms. The van der Waals surface area contributed by atoms with Crippen LogP contribution >= 0.6 is 0 Å². The summed E-state index contributed by atoms with van der Waals surface area (Å²) >= 11 is 0. The number of rotatable bonds is 5. The van der Waals surface area contributed by atoms with E-state index in [1.54, 1.807) is 11.8 Å². The molecule has 2 atom stereocenters. The quantitative estimate of drug-likeness (QED) is 0.864. The molecule has 0 spiro atoms. The van der Waals surface area contributed by atoms with Gasteiger partial charge in [0, 0.05) is 24.8 Å². The molecule has 116 valence electrons. The maximum atomic E-state index is 12.2. The predicted molar refractivity (Wildman–Crippen MR) is 82.6 cm³/mol. The van der Waals surface area contributed by atoms with E-state index in [0.717, 1.165) is 5.56 Å². The first-order chi connectivity index (χ1) is 9.96. The molecule has 0 radical (unpaired) electrons. The van der Waals surface area contributed by atoms with E-state index in [1.165, 1.54) is 0 Å². The molecule has 0 aliphatic carbocycles. The Balaban J connectivity index is 2.10. The lowest BCUT2D eigenvalue weighted by molar-refractivity contribution is -0.127. The van der Waals surface area contributed by atoms with Gasteiger partial charge in [-0.05, 0) is 18.0 Å². The molecule has 1 aliphatic heterocycles. The minimum absolute atomic E-state index is 0.00495. The Morgan fingerprint density at radius 1 is 1.29 bits per heavy atom. The fourth-order valence-corrected chi connectivity index (χ4v) is 3.54. The largest absolute Gasteiger partial charge is 0.341 e. The van der Waals surface area contributed by atoms with Crippen molar-refractivity contribution in [2.24, 2.45) is 11.7 Å². The first kappa shape index (κ1) is 16.0. The number of amides is 1. The normalized spacial score (nSPS) is 22.5. The molecule has 5 nitrogen and oxygen atoms in total. The van der Waals surface area contributed by atoms with Gasteiger partial charge in [0.15, 0.2) is 9.84 Å². The Morgan fingerprint density at radius 3 is 2.52 bits per heavy atom. The Kier molecular flexibility index (Phi) is 5.00. The summed E-state index contributed by atoms with van der Waals surface area (Å²) in [7, 11) is -3.28. The van der Waals surface area contributed by atoms with Crippen LogP contribution in [0.5, 0.6) is 0 Å². The molecule has 0 aromatic heterocycles. The van der Waals surface area contributed by atoms with Crippen LogP contribution in [0.15, 0.2) is 30.3 Å². The highest BCUT2D eigenvalue weighted by molar-refractivity contribution is 7.92. The molecule has 1 amide bonds. The van der Waals surface area contributed by atoms with E-state index in [2.05, 4.69) is 0 Å². The van der Waals surface area contributed by atoms with E-state index >= 15 is 0 Å². The third-order valence-electron chi connectivity index (χ3n) is 4.11. The molecule has 0 saturated carbocycles. The van der Waals surface area contributed by atoms with Crippen LogP contribution in [0.3, 0.4) is 0 Å². The van der Waals surface area contributed by atoms with E-state index in [1.807, 2.05) is 30.3 Å². The average molecular weight is 310 g/mol. The van der Waals surface area contributed by atoms with Gasteiger partial charge in [0.05, 0.1) is 0 Å². The van der Waals surface area contributed by atoms with E-state index in [0.29, 0.717) is 19.6 Å². The van der Waals surface area contributed by atoms with Gasteiger partial charge in [-0.15, -0.1) is 0 Å². The Labute approximate surface area is 126 Å². The van der Waals surface area contributed by atoms with Crippen LogP contribution in [0.4, 0.5) is 0 Å². The maximum absolute atomic E-state index is 12.2. The number of hydrogen-bond donors (Lipinski definition) is 1. The van der Waals surface area contributed by atoms with E-state index in [4.69, 9.17) is 5.73 Å². The Hall–Kier alpha value is -1.40. The van der Waals surface area contributed by atoms with Crippen molar-refractivity contribution in [2.75, 3.05) is 31.1 Å². The zero-order valence-corrected chi connectivity index (χ0v) is 13.1. The van der Waals surface area contributed by atoms with E-state index < -0.39 is 15.6 Å². The lowest BCUT2D eigenvalue weighted by Gasteiger charge is -2.16. The second kappa shape index (κ2) is 6.58. The molecular weight excluding hydrogens is 288 g/mol. The molecule has 1 aromatic rings. The molecular formula is C15H22N2O3S. The average Bonchev–Trinajstić information content (AvgIpc) is 2.92. The summed E-state index contributed by atoms with van der Waals surface area (Å²) in [5.74, 6) is -0.351. The fraction of sp³-hybridized carbons (Fsp3) is 0.533. The third kappa shape index (κ3) is 3.83. The van der Waals surface area contributed by atoms with Crippen LogP contribution in [0, 0.1) is 5.92 Å². The monoisotopic (exact) mass is 310 g/mol. The van der Waals surface area contributed by atoms with Crippen molar-refractivity contribution in [2.45, 2.75) is 12.8 Å². The van der Waals surface area contributed by atoms with Crippen LogP contribution in [-0.2, 0) is 14.6 Å².